The van der Waals surface area contributed by atoms with Gasteiger partial charge in [0.25, 0.3) is 0 Å². The van der Waals surface area contributed by atoms with Gasteiger partial charge in [0, 0.05) is 30.4 Å². The fourth-order valence-corrected chi connectivity index (χ4v) is 1.96. The Balaban J connectivity index is 2.07. The molecule has 4 heteroatoms. The van der Waals surface area contributed by atoms with E-state index in [9.17, 15) is 9.90 Å². The van der Waals surface area contributed by atoms with E-state index in [-0.39, 0.29) is 11.7 Å². The van der Waals surface area contributed by atoms with E-state index in [2.05, 4.69) is 10.6 Å². The molecular weight excluding hydrogens is 252 g/mol. The van der Waals surface area contributed by atoms with Gasteiger partial charge in [0.1, 0.15) is 5.75 Å². The van der Waals surface area contributed by atoms with Crippen LogP contribution < -0.4 is 10.6 Å². The van der Waals surface area contributed by atoms with E-state index >= 15 is 0 Å². The van der Waals surface area contributed by atoms with Gasteiger partial charge in [-0.2, -0.15) is 0 Å². The number of amides is 1. The van der Waals surface area contributed by atoms with Crippen molar-refractivity contribution in [1.29, 1.82) is 0 Å². The number of hydrogen-bond acceptors (Lipinski definition) is 3. The van der Waals surface area contributed by atoms with Crippen LogP contribution in [0.4, 0.5) is 11.4 Å². The van der Waals surface area contributed by atoms with E-state index in [0.29, 0.717) is 6.54 Å². The minimum atomic E-state index is -0.0986. The summed E-state index contributed by atoms with van der Waals surface area (Å²) in [6.07, 6.45) is 0. The molecule has 1 amide bonds. The van der Waals surface area contributed by atoms with Crippen LogP contribution in [0, 0.1) is 6.92 Å². The zero-order valence-electron chi connectivity index (χ0n) is 11.6. The number of nitrogens with one attached hydrogen (secondary N) is 2. The maximum absolute atomic E-state index is 11.0. The lowest BCUT2D eigenvalue weighted by atomic mass is 10.1. The summed E-state index contributed by atoms with van der Waals surface area (Å²) in [4.78, 5) is 11.0. The third-order valence-electron chi connectivity index (χ3n) is 2.90. The van der Waals surface area contributed by atoms with Gasteiger partial charge >= 0.3 is 0 Å². The predicted octanol–water partition coefficient (Wildman–Crippen LogP) is 3.27. The second-order valence-electron chi connectivity index (χ2n) is 4.75. The highest BCUT2D eigenvalue weighted by Gasteiger charge is 2.02. The Morgan fingerprint density at radius 1 is 1.15 bits per heavy atom. The minimum Gasteiger partial charge on any atom is -0.508 e. The Morgan fingerprint density at radius 3 is 2.65 bits per heavy atom. The molecule has 0 spiro atoms. The first-order valence-corrected chi connectivity index (χ1v) is 6.44. The first-order valence-electron chi connectivity index (χ1n) is 6.44. The third-order valence-corrected chi connectivity index (χ3v) is 2.90. The molecule has 104 valence electrons. The van der Waals surface area contributed by atoms with Crippen molar-refractivity contribution in [2.75, 3.05) is 10.6 Å². The molecule has 2 aromatic rings. The molecule has 4 nitrogen and oxygen atoms in total. The highest BCUT2D eigenvalue weighted by Crippen LogP contribution is 2.21. The van der Waals surface area contributed by atoms with Gasteiger partial charge in [-0.25, -0.2) is 0 Å². The van der Waals surface area contributed by atoms with E-state index in [0.717, 1.165) is 22.5 Å². The lowest BCUT2D eigenvalue weighted by Gasteiger charge is -2.10. The summed E-state index contributed by atoms with van der Waals surface area (Å²) >= 11 is 0. The lowest BCUT2D eigenvalue weighted by Crippen LogP contribution is -2.06. The largest absolute Gasteiger partial charge is 0.508 e. The maximum atomic E-state index is 11.0. The van der Waals surface area contributed by atoms with Crippen molar-refractivity contribution in [1.82, 2.24) is 0 Å². The smallest absolute Gasteiger partial charge is 0.221 e. The molecule has 0 saturated heterocycles. The van der Waals surface area contributed by atoms with Gasteiger partial charge in [0.2, 0.25) is 5.91 Å². The molecule has 2 rings (SSSR count). The number of aromatic hydroxyl groups is 1. The fourth-order valence-electron chi connectivity index (χ4n) is 1.96. The van der Waals surface area contributed by atoms with Crippen LogP contribution in [-0.4, -0.2) is 11.0 Å². The zero-order valence-corrected chi connectivity index (χ0v) is 11.6. The van der Waals surface area contributed by atoms with Crippen LogP contribution in [0.1, 0.15) is 18.1 Å². The molecule has 0 aromatic heterocycles. The number of phenolic OH excluding ortho intramolecular Hbond substituents is 1. The third kappa shape index (κ3) is 3.75. The summed E-state index contributed by atoms with van der Waals surface area (Å²) < 4.78 is 0. The number of carbonyl (C=O) groups is 1. The molecule has 0 saturated carbocycles. The Labute approximate surface area is 118 Å². The number of anilines is 2. The van der Waals surface area contributed by atoms with Crippen LogP contribution in [0.15, 0.2) is 42.5 Å². The van der Waals surface area contributed by atoms with Crippen molar-refractivity contribution in [3.63, 3.8) is 0 Å². The summed E-state index contributed by atoms with van der Waals surface area (Å²) in [6.45, 7) is 3.99. The molecule has 2 aromatic carbocycles. The van der Waals surface area contributed by atoms with Crippen LogP contribution in [-0.2, 0) is 11.3 Å². The molecular formula is C16H18N2O2. The van der Waals surface area contributed by atoms with Crippen LogP contribution in [0.25, 0.3) is 0 Å². The Bertz CT molecular complexity index is 624. The first-order chi connectivity index (χ1) is 9.54. The predicted molar refractivity (Wildman–Crippen MR) is 80.9 cm³/mol. The van der Waals surface area contributed by atoms with Crippen LogP contribution in [0.5, 0.6) is 5.75 Å². The fraction of sp³-hybridized carbons (Fsp3) is 0.188. The molecule has 0 fully saturated rings. The summed E-state index contributed by atoms with van der Waals surface area (Å²) in [7, 11) is 0. The second-order valence-corrected chi connectivity index (χ2v) is 4.75. The van der Waals surface area contributed by atoms with Crippen LogP contribution in [0.3, 0.4) is 0 Å². The summed E-state index contributed by atoms with van der Waals surface area (Å²) in [5.41, 5.74) is 3.58. The Kier molecular flexibility index (Phi) is 4.25. The molecule has 20 heavy (non-hydrogen) atoms. The highest BCUT2D eigenvalue weighted by molar-refractivity contribution is 5.89. The monoisotopic (exact) mass is 270 g/mol. The summed E-state index contributed by atoms with van der Waals surface area (Å²) in [6, 6.07) is 13.0. The van der Waals surface area contributed by atoms with Gasteiger partial charge in [-0.1, -0.05) is 23.8 Å². The van der Waals surface area contributed by atoms with E-state index in [1.807, 2.05) is 43.3 Å². The van der Waals surface area contributed by atoms with E-state index in [1.165, 1.54) is 6.92 Å². The van der Waals surface area contributed by atoms with Gasteiger partial charge in [0.05, 0.1) is 0 Å². The van der Waals surface area contributed by atoms with E-state index < -0.39 is 0 Å². The first kappa shape index (κ1) is 13.9. The molecule has 0 radical (unpaired) electrons. The van der Waals surface area contributed by atoms with Gasteiger partial charge in [-0.15, -0.1) is 0 Å². The standard InChI is InChI=1S/C16H18N2O2/c1-11-6-7-16(20)13(8-11)10-17-14-4-3-5-15(9-14)18-12(2)19/h3-9,17,20H,10H2,1-2H3,(H,18,19). The number of carbonyl (C=O) groups excluding carboxylic acids is 1. The molecule has 0 heterocycles. The van der Waals surface area contributed by atoms with Crippen molar-refractivity contribution >= 4 is 17.3 Å². The van der Waals surface area contributed by atoms with Gasteiger partial charge in [-0.3, -0.25) is 4.79 Å². The molecule has 3 N–H and O–H groups in total. The Hall–Kier alpha value is -2.49. The molecule has 0 bridgehead atoms. The number of phenols is 1. The molecule has 0 aliphatic carbocycles. The van der Waals surface area contributed by atoms with Crippen molar-refractivity contribution in [3.05, 3.63) is 53.6 Å². The average molecular weight is 270 g/mol. The van der Waals surface area contributed by atoms with Gasteiger partial charge < -0.3 is 15.7 Å². The van der Waals surface area contributed by atoms with Crippen molar-refractivity contribution < 1.29 is 9.90 Å². The van der Waals surface area contributed by atoms with Gasteiger partial charge in [0.15, 0.2) is 0 Å². The number of rotatable bonds is 4. The van der Waals surface area contributed by atoms with Crippen molar-refractivity contribution in [3.8, 4) is 5.75 Å². The summed E-state index contributed by atoms with van der Waals surface area (Å²) in [5.74, 6) is 0.180. The van der Waals surface area contributed by atoms with Crippen LogP contribution in [0.2, 0.25) is 0 Å². The van der Waals surface area contributed by atoms with Crippen molar-refractivity contribution in [2.45, 2.75) is 20.4 Å². The highest BCUT2D eigenvalue weighted by atomic mass is 16.3. The Morgan fingerprint density at radius 2 is 1.90 bits per heavy atom. The number of hydrogen-bond donors (Lipinski definition) is 3. The molecule has 0 aliphatic heterocycles. The zero-order chi connectivity index (χ0) is 14.5. The molecule has 0 unspecified atom stereocenters. The minimum absolute atomic E-state index is 0.0986. The van der Waals surface area contributed by atoms with E-state index in [4.69, 9.17) is 0 Å². The van der Waals surface area contributed by atoms with Gasteiger partial charge in [-0.05, 0) is 31.2 Å². The second kappa shape index (κ2) is 6.10. The molecule has 0 aliphatic rings. The SMILES string of the molecule is CC(=O)Nc1cccc(NCc2cc(C)ccc2O)c1. The summed E-state index contributed by atoms with van der Waals surface area (Å²) in [5, 5.41) is 15.8. The lowest BCUT2D eigenvalue weighted by molar-refractivity contribution is -0.114. The number of aryl methyl sites for hydroxylation is 1. The topological polar surface area (TPSA) is 61.4 Å². The maximum Gasteiger partial charge on any atom is 0.221 e. The normalized spacial score (nSPS) is 10.1. The molecule has 0 atom stereocenters. The number of benzene rings is 2. The van der Waals surface area contributed by atoms with E-state index in [1.54, 1.807) is 6.07 Å². The average Bonchev–Trinajstić information content (AvgIpc) is 2.39. The van der Waals surface area contributed by atoms with Crippen molar-refractivity contribution in [2.24, 2.45) is 0 Å². The van der Waals surface area contributed by atoms with Crippen LogP contribution >= 0.6 is 0 Å². The quantitative estimate of drug-likeness (QED) is 0.799.